The average Bonchev–Trinajstić information content (AvgIpc) is 3.42. The summed E-state index contributed by atoms with van der Waals surface area (Å²) in [7, 11) is 3.43. The predicted molar refractivity (Wildman–Crippen MR) is 170 cm³/mol. The average molecular weight is 658 g/mol. The molecule has 0 radical (unpaired) electrons. The summed E-state index contributed by atoms with van der Waals surface area (Å²) in [5, 5.41) is 12.6. The summed E-state index contributed by atoms with van der Waals surface area (Å²) >= 11 is 0. The van der Waals surface area contributed by atoms with E-state index in [-0.39, 0.29) is 30.9 Å². The second kappa shape index (κ2) is 14.1. The number of carboxylic acids is 1. The first-order valence-electron chi connectivity index (χ1n) is 15.2. The number of aryl methyl sites for hydroxylation is 2. The predicted octanol–water partition coefficient (Wildman–Crippen LogP) is 5.96. The van der Waals surface area contributed by atoms with Crippen LogP contribution in [0.3, 0.4) is 0 Å². The molecule has 0 aliphatic carbocycles. The first kappa shape index (κ1) is 35.3. The third-order valence-electron chi connectivity index (χ3n) is 8.01. The van der Waals surface area contributed by atoms with Crippen molar-refractivity contribution in [3.05, 3.63) is 92.9 Å². The van der Waals surface area contributed by atoms with Gasteiger partial charge in [0.25, 0.3) is 5.56 Å². The molecule has 0 spiro atoms. The molecule has 2 atom stereocenters. The van der Waals surface area contributed by atoms with E-state index in [0.717, 1.165) is 10.8 Å². The standard InChI is InChI=1S/C34H39F4N5O4/c1-19(2)11-28(43-18-22(7-9-41(5)6)25(16-30(43)44)34(36,37)38)33(47)40-26(17-31(45)46)23-14-27(42-10-8-39-29(42)15-23)32-20(3)12-24(35)13-21(32)4/h8,10,12-16,18-19,26,28H,7,9,11,17H2,1-6H3,(H,40,47)(H,45,46)/t26?,28-/m1/s1. The Morgan fingerprint density at radius 3 is 2.30 bits per heavy atom. The number of nitrogens with zero attached hydrogens (tertiary/aromatic N) is 4. The maximum absolute atomic E-state index is 14.2. The number of aliphatic carboxylic acids is 1. The summed E-state index contributed by atoms with van der Waals surface area (Å²) in [6.45, 7) is 7.39. The van der Waals surface area contributed by atoms with E-state index in [2.05, 4.69) is 10.3 Å². The van der Waals surface area contributed by atoms with Crippen LogP contribution in [-0.2, 0) is 22.2 Å². The molecule has 2 N–H and O–H groups in total. The van der Waals surface area contributed by atoms with Crippen LogP contribution in [0.15, 0.2) is 53.7 Å². The van der Waals surface area contributed by atoms with Crippen molar-refractivity contribution < 1.29 is 32.3 Å². The molecular weight excluding hydrogens is 618 g/mol. The van der Waals surface area contributed by atoms with Gasteiger partial charge in [0.15, 0.2) is 0 Å². The second-order valence-corrected chi connectivity index (χ2v) is 12.6. The molecule has 0 saturated heterocycles. The maximum atomic E-state index is 14.2. The number of nitrogens with one attached hydrogen (secondary N) is 1. The molecule has 3 heterocycles. The van der Waals surface area contributed by atoms with Gasteiger partial charge in [-0.2, -0.15) is 13.2 Å². The van der Waals surface area contributed by atoms with E-state index in [4.69, 9.17) is 0 Å². The van der Waals surface area contributed by atoms with E-state index < -0.39 is 53.5 Å². The Balaban J connectivity index is 1.82. The van der Waals surface area contributed by atoms with Crippen LogP contribution in [0.25, 0.3) is 16.9 Å². The number of benzene rings is 1. The second-order valence-electron chi connectivity index (χ2n) is 12.6. The molecule has 0 saturated carbocycles. The van der Waals surface area contributed by atoms with Gasteiger partial charge in [0.1, 0.15) is 17.5 Å². The van der Waals surface area contributed by atoms with Crippen LogP contribution >= 0.6 is 0 Å². The number of fused-ring (bicyclic) bond motifs is 1. The van der Waals surface area contributed by atoms with Crippen LogP contribution < -0.4 is 10.9 Å². The number of carboxylic acid groups (broad SMARTS) is 1. The lowest BCUT2D eigenvalue weighted by molar-refractivity contribution is -0.139. The van der Waals surface area contributed by atoms with E-state index >= 15 is 0 Å². The van der Waals surface area contributed by atoms with Crippen LogP contribution in [0.2, 0.25) is 0 Å². The van der Waals surface area contributed by atoms with Gasteiger partial charge >= 0.3 is 12.1 Å². The molecule has 1 unspecified atom stereocenters. The Kier molecular flexibility index (Phi) is 10.6. The molecular formula is C34H39F4N5O4. The van der Waals surface area contributed by atoms with Crippen molar-refractivity contribution in [1.29, 1.82) is 0 Å². The summed E-state index contributed by atoms with van der Waals surface area (Å²) < 4.78 is 58.7. The molecule has 0 aliphatic heterocycles. The Morgan fingerprint density at radius 2 is 1.72 bits per heavy atom. The van der Waals surface area contributed by atoms with Crippen LogP contribution in [0.4, 0.5) is 17.6 Å². The fourth-order valence-corrected chi connectivity index (χ4v) is 5.88. The number of carbonyl (C=O) groups excluding carboxylic acids is 1. The highest BCUT2D eigenvalue weighted by atomic mass is 19.4. The first-order chi connectivity index (χ1) is 22.0. The highest BCUT2D eigenvalue weighted by molar-refractivity contribution is 5.82. The van der Waals surface area contributed by atoms with E-state index in [1.807, 2.05) is 13.8 Å². The Morgan fingerprint density at radius 1 is 1.06 bits per heavy atom. The Bertz CT molecular complexity index is 1820. The van der Waals surface area contributed by atoms with Crippen LogP contribution in [-0.4, -0.2) is 56.5 Å². The third kappa shape index (κ3) is 8.26. The molecule has 13 heteroatoms. The highest BCUT2D eigenvalue weighted by Crippen LogP contribution is 2.34. The molecule has 4 aromatic rings. The van der Waals surface area contributed by atoms with Gasteiger partial charge in [0, 0.05) is 36.8 Å². The Hall–Kier alpha value is -4.52. The van der Waals surface area contributed by atoms with Gasteiger partial charge in [-0.05, 0) is 93.2 Å². The number of imidazole rings is 1. The van der Waals surface area contributed by atoms with Gasteiger partial charge in [-0.15, -0.1) is 0 Å². The zero-order valence-electron chi connectivity index (χ0n) is 27.2. The molecule has 9 nitrogen and oxygen atoms in total. The lowest BCUT2D eigenvalue weighted by Crippen LogP contribution is -2.40. The fraction of sp³-hybridized carbons (Fsp3) is 0.412. The van der Waals surface area contributed by atoms with Crippen molar-refractivity contribution in [2.24, 2.45) is 5.92 Å². The van der Waals surface area contributed by atoms with Crippen LogP contribution in [0, 0.1) is 25.6 Å². The monoisotopic (exact) mass is 657 g/mol. The molecule has 47 heavy (non-hydrogen) atoms. The van der Waals surface area contributed by atoms with Crippen molar-refractivity contribution in [3.63, 3.8) is 0 Å². The number of aromatic nitrogens is 3. The molecule has 1 aromatic carbocycles. The maximum Gasteiger partial charge on any atom is 0.416 e. The molecule has 0 bridgehead atoms. The molecule has 0 fully saturated rings. The van der Waals surface area contributed by atoms with Crippen molar-refractivity contribution in [3.8, 4) is 11.3 Å². The minimum atomic E-state index is -4.77. The van der Waals surface area contributed by atoms with Gasteiger partial charge in [-0.25, -0.2) is 9.37 Å². The summed E-state index contributed by atoms with van der Waals surface area (Å²) in [6, 6.07) is 4.30. The first-order valence-corrected chi connectivity index (χ1v) is 15.2. The highest BCUT2D eigenvalue weighted by Gasteiger charge is 2.36. The van der Waals surface area contributed by atoms with Gasteiger partial charge in [-0.1, -0.05) is 13.8 Å². The molecule has 4 rings (SSSR count). The number of likely N-dealkylation sites (N-methyl/N-ethyl adjacent to an activating group) is 1. The molecule has 3 aromatic heterocycles. The number of amides is 1. The lowest BCUT2D eigenvalue weighted by atomic mass is 9.95. The quantitative estimate of drug-likeness (QED) is 0.182. The summed E-state index contributed by atoms with van der Waals surface area (Å²) in [6.07, 6.45) is -0.851. The fourth-order valence-electron chi connectivity index (χ4n) is 5.88. The van der Waals surface area contributed by atoms with Crippen molar-refractivity contribution in [2.75, 3.05) is 20.6 Å². The largest absolute Gasteiger partial charge is 0.481 e. The SMILES string of the molecule is Cc1cc(F)cc(C)c1-c1cc(C(CC(=O)O)NC(=O)[C@@H](CC(C)C)n2cc(CCN(C)C)c(C(F)(F)F)cc2=O)cc2nccn12. The molecule has 1 amide bonds. The van der Waals surface area contributed by atoms with Crippen molar-refractivity contribution in [2.45, 2.75) is 65.2 Å². The zero-order chi connectivity index (χ0) is 34.8. The summed E-state index contributed by atoms with van der Waals surface area (Å²) in [4.78, 5) is 45.4. The summed E-state index contributed by atoms with van der Waals surface area (Å²) in [5.74, 6) is -2.49. The van der Waals surface area contributed by atoms with E-state index in [1.165, 1.54) is 12.1 Å². The normalized spacial score (nSPS) is 13.4. The van der Waals surface area contributed by atoms with E-state index in [1.54, 1.807) is 61.8 Å². The number of alkyl halides is 3. The lowest BCUT2D eigenvalue weighted by Gasteiger charge is -2.26. The minimum absolute atomic E-state index is 0.0187. The van der Waals surface area contributed by atoms with Gasteiger partial charge in [-0.3, -0.25) is 18.8 Å². The minimum Gasteiger partial charge on any atom is -0.481 e. The number of halogens is 4. The summed E-state index contributed by atoms with van der Waals surface area (Å²) in [5.41, 5.74) is 1.24. The Labute approximate surface area is 269 Å². The number of hydrogen-bond donors (Lipinski definition) is 2. The van der Waals surface area contributed by atoms with E-state index in [9.17, 15) is 37.1 Å². The third-order valence-corrected chi connectivity index (χ3v) is 8.01. The smallest absolute Gasteiger partial charge is 0.416 e. The van der Waals surface area contributed by atoms with Gasteiger partial charge < -0.3 is 19.9 Å². The number of hydrogen-bond acceptors (Lipinski definition) is 5. The number of carbonyl (C=O) groups is 2. The number of rotatable bonds is 12. The van der Waals surface area contributed by atoms with E-state index in [0.29, 0.717) is 39.7 Å². The number of pyridine rings is 2. The van der Waals surface area contributed by atoms with Crippen molar-refractivity contribution in [1.82, 2.24) is 24.2 Å². The van der Waals surface area contributed by atoms with Crippen LogP contribution in [0.1, 0.15) is 66.6 Å². The van der Waals surface area contributed by atoms with Gasteiger partial charge in [0.05, 0.1) is 23.7 Å². The van der Waals surface area contributed by atoms with Crippen LogP contribution in [0.5, 0.6) is 0 Å². The molecule has 0 aliphatic rings. The van der Waals surface area contributed by atoms with Gasteiger partial charge in [0.2, 0.25) is 5.91 Å². The van der Waals surface area contributed by atoms with Crippen molar-refractivity contribution >= 4 is 17.5 Å². The zero-order valence-corrected chi connectivity index (χ0v) is 27.2. The molecule has 252 valence electrons. The topological polar surface area (TPSA) is 109 Å².